The van der Waals surface area contributed by atoms with Crippen molar-refractivity contribution in [2.75, 3.05) is 40.0 Å². The van der Waals surface area contributed by atoms with Crippen LogP contribution >= 0.6 is 0 Å². The van der Waals surface area contributed by atoms with E-state index in [1.807, 2.05) is 0 Å². The average molecular weight is 273 g/mol. The van der Waals surface area contributed by atoms with E-state index in [1.54, 1.807) is 0 Å². The fourth-order valence-electron chi connectivity index (χ4n) is 2.33. The summed E-state index contributed by atoms with van der Waals surface area (Å²) in [5.74, 6) is -0.0812. The Hall–Kier alpha value is -0.650. The van der Waals surface area contributed by atoms with Crippen molar-refractivity contribution >= 4 is 5.97 Å². The van der Waals surface area contributed by atoms with Crippen molar-refractivity contribution in [3.05, 3.63) is 0 Å². The predicted molar refractivity (Wildman–Crippen MR) is 72.9 cm³/mol. The molecule has 112 valence electrons. The van der Waals surface area contributed by atoms with E-state index in [4.69, 9.17) is 9.47 Å². The Kier molecular flexibility index (Phi) is 8.02. The first-order valence-electron chi connectivity index (χ1n) is 7.23. The van der Waals surface area contributed by atoms with Crippen molar-refractivity contribution in [3.63, 3.8) is 0 Å². The largest absolute Gasteiger partial charge is 0.469 e. The summed E-state index contributed by atoms with van der Waals surface area (Å²) in [7, 11) is 1.44. The number of carbonyl (C=O) groups is 1. The minimum absolute atomic E-state index is 0.0270. The smallest absolute Gasteiger partial charge is 0.308 e. The summed E-state index contributed by atoms with van der Waals surface area (Å²) in [6, 6.07) is 0. The third-order valence-corrected chi connectivity index (χ3v) is 3.54. The highest BCUT2D eigenvalue weighted by Crippen LogP contribution is 2.18. The Balaban J connectivity index is 2.12. The van der Waals surface area contributed by atoms with Gasteiger partial charge in [0.25, 0.3) is 0 Å². The molecule has 19 heavy (non-hydrogen) atoms. The van der Waals surface area contributed by atoms with E-state index >= 15 is 0 Å². The van der Waals surface area contributed by atoms with E-state index in [0.29, 0.717) is 13.2 Å². The lowest BCUT2D eigenvalue weighted by Gasteiger charge is -2.31. The van der Waals surface area contributed by atoms with E-state index < -0.39 is 6.10 Å². The molecule has 0 aromatic rings. The quantitative estimate of drug-likeness (QED) is 0.529. The van der Waals surface area contributed by atoms with E-state index in [-0.39, 0.29) is 11.9 Å². The summed E-state index contributed by atoms with van der Waals surface area (Å²) in [4.78, 5) is 13.6. The third-order valence-electron chi connectivity index (χ3n) is 3.54. The molecule has 1 heterocycles. The van der Waals surface area contributed by atoms with Gasteiger partial charge in [-0.2, -0.15) is 0 Å². The Morgan fingerprint density at radius 3 is 2.68 bits per heavy atom. The average Bonchev–Trinajstić information content (AvgIpc) is 2.43. The number of unbranched alkanes of at least 4 members (excludes halogenated alkanes) is 1. The van der Waals surface area contributed by atoms with Crippen LogP contribution in [0.2, 0.25) is 0 Å². The standard InChI is InChI=1S/C14H27NO4/c1-3-4-9-19-11-13(16)10-15-7-5-12(6-8-15)14(17)18-2/h12-13,16H,3-11H2,1-2H3. The molecule has 5 nitrogen and oxygen atoms in total. The van der Waals surface area contributed by atoms with Gasteiger partial charge in [0.15, 0.2) is 0 Å². The van der Waals surface area contributed by atoms with Gasteiger partial charge in [0, 0.05) is 13.2 Å². The number of hydrogen-bond donors (Lipinski definition) is 1. The Labute approximate surface area is 115 Å². The van der Waals surface area contributed by atoms with Crippen LogP contribution in [-0.2, 0) is 14.3 Å². The van der Waals surface area contributed by atoms with Gasteiger partial charge in [-0.25, -0.2) is 0 Å². The van der Waals surface area contributed by atoms with Gasteiger partial charge in [0.05, 0.1) is 25.7 Å². The number of methoxy groups -OCH3 is 1. The van der Waals surface area contributed by atoms with Crippen LogP contribution in [-0.4, -0.2) is 62.0 Å². The van der Waals surface area contributed by atoms with Crippen LogP contribution in [0.25, 0.3) is 0 Å². The van der Waals surface area contributed by atoms with Crippen molar-refractivity contribution in [2.24, 2.45) is 5.92 Å². The second kappa shape index (κ2) is 9.28. The summed E-state index contributed by atoms with van der Waals surface area (Å²) in [5, 5.41) is 9.86. The summed E-state index contributed by atoms with van der Waals surface area (Å²) in [5.41, 5.74) is 0. The van der Waals surface area contributed by atoms with Crippen LogP contribution in [0.4, 0.5) is 0 Å². The third kappa shape index (κ3) is 6.36. The zero-order valence-electron chi connectivity index (χ0n) is 12.1. The molecule has 0 amide bonds. The van der Waals surface area contributed by atoms with Gasteiger partial charge in [-0.15, -0.1) is 0 Å². The van der Waals surface area contributed by atoms with Crippen molar-refractivity contribution in [2.45, 2.75) is 38.7 Å². The fourth-order valence-corrected chi connectivity index (χ4v) is 2.33. The zero-order chi connectivity index (χ0) is 14.1. The van der Waals surface area contributed by atoms with Crippen molar-refractivity contribution < 1.29 is 19.4 Å². The molecule has 0 saturated carbocycles. The first kappa shape index (κ1) is 16.4. The minimum Gasteiger partial charge on any atom is -0.469 e. The Bertz CT molecular complexity index is 252. The molecule has 0 bridgehead atoms. The van der Waals surface area contributed by atoms with Gasteiger partial charge in [0.2, 0.25) is 0 Å². The van der Waals surface area contributed by atoms with E-state index in [9.17, 15) is 9.90 Å². The van der Waals surface area contributed by atoms with Gasteiger partial charge in [0.1, 0.15) is 0 Å². The number of hydrogen-bond acceptors (Lipinski definition) is 5. The molecule has 0 radical (unpaired) electrons. The highest BCUT2D eigenvalue weighted by atomic mass is 16.5. The predicted octanol–water partition coefficient (Wildman–Crippen LogP) is 1.05. The SMILES string of the molecule is CCCCOCC(O)CN1CCC(C(=O)OC)CC1. The molecule has 1 aliphatic heterocycles. The molecule has 1 saturated heterocycles. The number of aliphatic hydroxyl groups excluding tert-OH is 1. The number of nitrogens with zero attached hydrogens (tertiary/aromatic N) is 1. The summed E-state index contributed by atoms with van der Waals surface area (Å²) >= 11 is 0. The number of aliphatic hydroxyl groups is 1. The van der Waals surface area contributed by atoms with Crippen molar-refractivity contribution in [1.82, 2.24) is 4.90 Å². The number of rotatable bonds is 8. The van der Waals surface area contributed by atoms with Crippen LogP contribution in [0.5, 0.6) is 0 Å². The van der Waals surface area contributed by atoms with Gasteiger partial charge in [-0.1, -0.05) is 13.3 Å². The first-order valence-corrected chi connectivity index (χ1v) is 7.23. The minimum atomic E-state index is -0.438. The molecule has 1 atom stereocenters. The van der Waals surface area contributed by atoms with Crippen LogP contribution in [0.3, 0.4) is 0 Å². The zero-order valence-corrected chi connectivity index (χ0v) is 12.1. The maximum atomic E-state index is 11.4. The highest BCUT2D eigenvalue weighted by Gasteiger charge is 2.26. The topological polar surface area (TPSA) is 59.0 Å². The number of carbonyl (C=O) groups excluding carboxylic acids is 1. The molecule has 0 aromatic carbocycles. The van der Waals surface area contributed by atoms with Crippen LogP contribution in [0, 0.1) is 5.92 Å². The molecule has 0 aromatic heterocycles. The van der Waals surface area contributed by atoms with Gasteiger partial charge < -0.3 is 19.5 Å². The number of β-amino-alcohol motifs (C(OH)–C–C–N with tert-alkyl or cyclic N) is 1. The highest BCUT2D eigenvalue weighted by molar-refractivity contribution is 5.72. The lowest BCUT2D eigenvalue weighted by atomic mass is 9.97. The number of likely N-dealkylation sites (tertiary alicyclic amines) is 1. The molecular formula is C14H27NO4. The Morgan fingerprint density at radius 1 is 1.42 bits per heavy atom. The van der Waals surface area contributed by atoms with E-state index in [1.165, 1.54) is 7.11 Å². The van der Waals surface area contributed by atoms with Crippen molar-refractivity contribution in [3.8, 4) is 0 Å². The molecule has 5 heteroatoms. The Morgan fingerprint density at radius 2 is 2.11 bits per heavy atom. The normalized spacial score (nSPS) is 19.3. The van der Waals surface area contributed by atoms with Crippen molar-refractivity contribution in [1.29, 1.82) is 0 Å². The molecule has 1 unspecified atom stereocenters. The maximum Gasteiger partial charge on any atom is 0.308 e. The lowest BCUT2D eigenvalue weighted by molar-refractivity contribution is -0.147. The fraction of sp³-hybridized carbons (Fsp3) is 0.929. The van der Waals surface area contributed by atoms with Crippen LogP contribution in [0.1, 0.15) is 32.6 Å². The number of ether oxygens (including phenoxy) is 2. The molecule has 1 N–H and O–H groups in total. The van der Waals surface area contributed by atoms with Crippen LogP contribution < -0.4 is 0 Å². The van der Waals surface area contributed by atoms with E-state index in [0.717, 1.165) is 45.4 Å². The summed E-state index contributed by atoms with van der Waals surface area (Å²) in [6.07, 6.45) is 3.34. The maximum absolute atomic E-state index is 11.4. The molecule has 1 fully saturated rings. The number of esters is 1. The molecular weight excluding hydrogens is 246 g/mol. The van der Waals surface area contributed by atoms with Gasteiger partial charge in [-0.3, -0.25) is 4.79 Å². The first-order chi connectivity index (χ1) is 9.17. The lowest BCUT2D eigenvalue weighted by Crippen LogP contribution is -2.41. The second-order valence-corrected chi connectivity index (χ2v) is 5.18. The molecule has 0 aliphatic carbocycles. The second-order valence-electron chi connectivity index (χ2n) is 5.18. The summed E-state index contributed by atoms with van der Waals surface area (Å²) < 4.78 is 10.2. The molecule has 0 spiro atoms. The summed E-state index contributed by atoms with van der Waals surface area (Å²) in [6.45, 7) is 5.54. The van der Waals surface area contributed by atoms with Gasteiger partial charge in [-0.05, 0) is 32.4 Å². The van der Waals surface area contributed by atoms with E-state index in [2.05, 4.69) is 11.8 Å². The van der Waals surface area contributed by atoms with Gasteiger partial charge >= 0.3 is 5.97 Å². The molecule has 1 rings (SSSR count). The van der Waals surface area contributed by atoms with Crippen LogP contribution in [0.15, 0.2) is 0 Å². The monoisotopic (exact) mass is 273 g/mol. The molecule has 1 aliphatic rings. The number of piperidine rings is 1.